The van der Waals surface area contributed by atoms with Crippen LogP contribution in [0.4, 0.5) is 5.69 Å². The summed E-state index contributed by atoms with van der Waals surface area (Å²) in [5.41, 5.74) is 3.64. The van der Waals surface area contributed by atoms with E-state index in [0.29, 0.717) is 24.4 Å². The molecule has 0 fully saturated rings. The SMILES string of the molecule is CCCNC(=O)[C@H](Cc1ccccc1)N(Cc1ccc(Br)cc1)C(=O)CN(c1cc(C)cc(C)c1)S(=O)(=O)c1ccc(OC)c(OC)c1. The summed E-state index contributed by atoms with van der Waals surface area (Å²) in [7, 11) is -1.43. The number of sulfonamides is 1. The summed E-state index contributed by atoms with van der Waals surface area (Å²) in [6.45, 7) is 5.66. The third kappa shape index (κ3) is 9.17. The maximum absolute atomic E-state index is 14.7. The number of ether oxygens (including phenoxy) is 2. The lowest BCUT2D eigenvalue weighted by molar-refractivity contribution is -0.140. The van der Waals surface area contributed by atoms with Gasteiger partial charge in [-0.2, -0.15) is 0 Å². The van der Waals surface area contributed by atoms with Gasteiger partial charge in [0, 0.05) is 30.0 Å². The predicted octanol–water partition coefficient (Wildman–Crippen LogP) is 6.44. The van der Waals surface area contributed by atoms with Crippen molar-refractivity contribution in [3.8, 4) is 11.5 Å². The van der Waals surface area contributed by atoms with Gasteiger partial charge < -0.3 is 19.7 Å². The number of halogens is 1. The number of rotatable bonds is 15. The van der Waals surface area contributed by atoms with Crippen molar-refractivity contribution < 1.29 is 27.5 Å². The molecule has 48 heavy (non-hydrogen) atoms. The molecular weight excluding hydrogens is 694 g/mol. The molecule has 0 radical (unpaired) electrons. The number of amides is 2. The van der Waals surface area contributed by atoms with Gasteiger partial charge in [-0.15, -0.1) is 0 Å². The highest BCUT2D eigenvalue weighted by Gasteiger charge is 2.35. The fourth-order valence-electron chi connectivity index (χ4n) is 5.43. The van der Waals surface area contributed by atoms with Crippen molar-refractivity contribution in [3.05, 3.63) is 118 Å². The van der Waals surface area contributed by atoms with Gasteiger partial charge in [0.25, 0.3) is 10.0 Å². The van der Waals surface area contributed by atoms with E-state index in [1.807, 2.05) is 81.4 Å². The summed E-state index contributed by atoms with van der Waals surface area (Å²) < 4.78 is 41.7. The number of hydrogen-bond donors (Lipinski definition) is 1. The number of hydrogen-bond acceptors (Lipinski definition) is 6. The molecule has 0 bridgehead atoms. The molecule has 11 heteroatoms. The summed E-state index contributed by atoms with van der Waals surface area (Å²) in [5.74, 6) is -0.244. The molecule has 4 aromatic rings. The van der Waals surface area contributed by atoms with Crippen LogP contribution in [-0.4, -0.2) is 58.5 Å². The van der Waals surface area contributed by atoms with Crippen LogP contribution in [0, 0.1) is 13.8 Å². The standard InChI is InChI=1S/C37H42BrN3O6S/c1-6-18-39-37(43)33(22-28-10-8-7-9-11-28)40(24-29-12-14-30(38)15-13-29)36(42)25-41(31-20-26(2)19-27(3)21-31)48(44,45)32-16-17-34(46-4)35(23-32)47-5/h7-17,19-21,23,33H,6,18,22,24-25H2,1-5H3,(H,39,43)/t33-/m0/s1. The number of carbonyl (C=O) groups excluding carboxylic acids is 2. The van der Waals surface area contributed by atoms with E-state index < -0.39 is 28.5 Å². The quantitative estimate of drug-likeness (QED) is 0.151. The van der Waals surface area contributed by atoms with Crippen molar-refractivity contribution in [2.45, 2.75) is 51.1 Å². The number of carbonyl (C=O) groups is 2. The first-order chi connectivity index (χ1) is 23.0. The maximum Gasteiger partial charge on any atom is 0.264 e. The van der Waals surface area contributed by atoms with Crippen molar-refractivity contribution in [3.63, 3.8) is 0 Å². The summed E-state index contributed by atoms with van der Waals surface area (Å²) in [5, 5.41) is 2.96. The van der Waals surface area contributed by atoms with Crippen LogP contribution in [0.25, 0.3) is 0 Å². The van der Waals surface area contributed by atoms with Gasteiger partial charge in [-0.25, -0.2) is 8.42 Å². The second-order valence-corrected chi connectivity index (χ2v) is 14.3. The lowest BCUT2D eigenvalue weighted by Crippen LogP contribution is -2.53. The number of nitrogens with one attached hydrogen (secondary N) is 1. The third-order valence-electron chi connectivity index (χ3n) is 7.80. The largest absolute Gasteiger partial charge is 0.493 e. The van der Waals surface area contributed by atoms with Crippen LogP contribution in [0.2, 0.25) is 0 Å². The Morgan fingerprint density at radius 1 is 0.833 bits per heavy atom. The normalized spacial score (nSPS) is 11.8. The average molecular weight is 737 g/mol. The van der Waals surface area contributed by atoms with Crippen LogP contribution < -0.4 is 19.1 Å². The highest BCUT2D eigenvalue weighted by atomic mass is 79.9. The van der Waals surface area contributed by atoms with Gasteiger partial charge in [0.2, 0.25) is 11.8 Å². The average Bonchev–Trinajstić information content (AvgIpc) is 3.07. The maximum atomic E-state index is 14.7. The molecule has 0 aliphatic rings. The summed E-state index contributed by atoms with van der Waals surface area (Å²) in [6.07, 6.45) is 0.957. The minimum absolute atomic E-state index is 0.0758. The molecule has 1 N–H and O–H groups in total. The molecule has 4 rings (SSSR count). The van der Waals surface area contributed by atoms with E-state index in [1.165, 1.54) is 37.3 Å². The van der Waals surface area contributed by atoms with E-state index >= 15 is 0 Å². The summed E-state index contributed by atoms with van der Waals surface area (Å²) >= 11 is 3.46. The Kier molecular flexibility index (Phi) is 12.7. The zero-order valence-corrected chi connectivity index (χ0v) is 30.3. The van der Waals surface area contributed by atoms with E-state index in [4.69, 9.17) is 9.47 Å². The van der Waals surface area contributed by atoms with Gasteiger partial charge >= 0.3 is 0 Å². The topological polar surface area (TPSA) is 105 Å². The van der Waals surface area contributed by atoms with Crippen LogP contribution in [0.1, 0.15) is 35.6 Å². The van der Waals surface area contributed by atoms with Gasteiger partial charge in [0.05, 0.1) is 24.8 Å². The molecule has 0 aliphatic heterocycles. The van der Waals surface area contributed by atoms with Crippen molar-refractivity contribution in [2.24, 2.45) is 0 Å². The van der Waals surface area contributed by atoms with E-state index in [0.717, 1.165) is 31.0 Å². The Balaban J connectivity index is 1.84. The number of methoxy groups -OCH3 is 2. The lowest BCUT2D eigenvalue weighted by Gasteiger charge is -2.34. The Hall–Kier alpha value is -4.35. The Labute approximate surface area is 292 Å². The van der Waals surface area contributed by atoms with Crippen molar-refractivity contribution in [2.75, 3.05) is 31.6 Å². The number of anilines is 1. The van der Waals surface area contributed by atoms with Crippen LogP contribution >= 0.6 is 15.9 Å². The molecular formula is C37H42BrN3O6S. The molecule has 4 aromatic carbocycles. The second kappa shape index (κ2) is 16.7. The van der Waals surface area contributed by atoms with Gasteiger partial charge in [0.15, 0.2) is 11.5 Å². The highest BCUT2D eigenvalue weighted by molar-refractivity contribution is 9.10. The molecule has 9 nitrogen and oxygen atoms in total. The Morgan fingerprint density at radius 2 is 1.48 bits per heavy atom. The predicted molar refractivity (Wildman–Crippen MR) is 192 cm³/mol. The fraction of sp³-hybridized carbons (Fsp3) is 0.297. The van der Waals surface area contributed by atoms with Gasteiger partial charge in [0.1, 0.15) is 12.6 Å². The molecule has 0 aliphatic carbocycles. The second-order valence-electron chi connectivity index (χ2n) is 11.5. The fourth-order valence-corrected chi connectivity index (χ4v) is 7.11. The molecule has 0 unspecified atom stereocenters. The molecule has 1 atom stereocenters. The minimum atomic E-state index is -4.33. The van der Waals surface area contributed by atoms with E-state index in [9.17, 15) is 18.0 Å². The first kappa shape index (κ1) is 36.5. The Bertz CT molecular complexity index is 1800. The number of benzene rings is 4. The van der Waals surface area contributed by atoms with Crippen molar-refractivity contribution in [1.82, 2.24) is 10.2 Å². The van der Waals surface area contributed by atoms with Crippen LogP contribution in [0.15, 0.2) is 100 Å². The van der Waals surface area contributed by atoms with Gasteiger partial charge in [-0.05, 0) is 78.9 Å². The lowest BCUT2D eigenvalue weighted by atomic mass is 10.0. The minimum Gasteiger partial charge on any atom is -0.493 e. The Morgan fingerprint density at radius 3 is 2.08 bits per heavy atom. The third-order valence-corrected chi connectivity index (χ3v) is 10.1. The first-order valence-electron chi connectivity index (χ1n) is 15.7. The van der Waals surface area contributed by atoms with E-state index in [1.54, 1.807) is 12.1 Å². The summed E-state index contributed by atoms with van der Waals surface area (Å²) in [6, 6.07) is 25.7. The van der Waals surface area contributed by atoms with Crippen molar-refractivity contribution in [1.29, 1.82) is 0 Å². The van der Waals surface area contributed by atoms with Crippen LogP contribution in [0.5, 0.6) is 11.5 Å². The van der Waals surface area contributed by atoms with Gasteiger partial charge in [-0.3, -0.25) is 13.9 Å². The van der Waals surface area contributed by atoms with Crippen LogP contribution in [0.3, 0.4) is 0 Å². The number of aryl methyl sites for hydroxylation is 2. The highest BCUT2D eigenvalue weighted by Crippen LogP contribution is 2.33. The molecule has 0 spiro atoms. The zero-order valence-electron chi connectivity index (χ0n) is 27.9. The smallest absolute Gasteiger partial charge is 0.264 e. The first-order valence-corrected chi connectivity index (χ1v) is 17.9. The van der Waals surface area contributed by atoms with E-state index in [-0.39, 0.29) is 29.5 Å². The molecule has 0 saturated carbocycles. The number of nitrogens with zero attached hydrogens (tertiary/aromatic N) is 2. The molecule has 0 heterocycles. The molecule has 254 valence electrons. The van der Waals surface area contributed by atoms with Crippen LogP contribution in [-0.2, 0) is 32.6 Å². The summed E-state index contributed by atoms with van der Waals surface area (Å²) in [4.78, 5) is 29.9. The molecule has 0 aromatic heterocycles. The zero-order chi connectivity index (χ0) is 34.8. The monoisotopic (exact) mass is 735 g/mol. The van der Waals surface area contributed by atoms with Crippen molar-refractivity contribution >= 4 is 43.5 Å². The molecule has 2 amide bonds. The van der Waals surface area contributed by atoms with E-state index in [2.05, 4.69) is 21.2 Å². The molecule has 0 saturated heterocycles. The van der Waals surface area contributed by atoms with Gasteiger partial charge in [-0.1, -0.05) is 71.4 Å².